The SMILES string of the molecule is CNc1cc(C)cc(Cl)c1.Cc1cc(Cl)cc(CC(=O)OC(C)(C)C)c1.Cc1cc(Cl)cc(N(C)C(=O)C[C@@H]2CCCN(c3cnc(C#N)c(NC4CC4)n3)C2)c1.Cc1cc(Cl)cc(N(C)C(=O)C[C@@H]2CCCN(c3cnc(C(N)=O)c(NC4CC4)n3)C2)c1.Cc1cc(Cl)cc(N(C)C(=O)C[C@@H]2CCCN(c3cnc(Cl)c(Cl)n3)C2)c1.Cc1cc(Cl)cc(N(C)C(=O)Cl)c1.Cc1cc(N)cc(Cl)c1. The summed E-state index contributed by atoms with van der Waals surface area (Å²) >= 11 is 58.8. The van der Waals surface area contributed by atoms with E-state index in [0.29, 0.717) is 103 Å². The molecular weight excluding hydrogens is 1960 g/mol. The zero-order valence-electron chi connectivity index (χ0n) is 80.4. The molecule has 0 radical (unpaired) electrons. The number of nitrogens with one attached hydrogen (secondary N) is 3. The van der Waals surface area contributed by atoms with E-state index in [9.17, 15) is 34.0 Å². The standard InChI is InChI=1S/C23H29ClN6O2.C23H27ClN6O.C19H21Cl3N4O.C13H17ClO2.C9H9Cl2NO.C8H10ClN.C7H8ClN/c1-14-8-16(24)11-18(9-14)29(2)20(31)10-15-4-3-7-30(13-15)19-12-26-21(22(25)32)23(28-19)27-17-5-6-17;1-15-8-17(24)11-19(9-15)29(2)22(31)10-16-4-3-7-30(14-16)21-13-26-20(12-25)23(28-21)27-18-5-6-18;1-12-6-14(20)9-15(7-12)25(2)17(27)8-13-4-3-5-26(11-13)16-10-23-18(21)19(22)24-16;1-9-5-10(7-11(14)6-9)8-12(15)16-13(2,3)4;1-6-3-7(10)5-8(4-6)12(2)9(11)13;1-6-3-7(9)5-8(4-6)10-2;1-5-2-6(8)4-7(9)3-5/h8-9,11-12,15,17H,3-7,10,13H2,1-2H3,(H2,25,32)(H,27,28);8-9,11,13,16,18H,3-7,10,14H2,1-2H3,(H,27,28);6-7,9-10,13H,3-5,8,11H2,1-2H3;5-7H,8H2,1-4H3;3-5H,1-2H3;3-5,10H,1-2H3;2-4H,9H2,1H3/t15-;16-;13-;;;;/m000..../s1. The minimum absolute atomic E-state index is 0.0600. The van der Waals surface area contributed by atoms with Crippen LogP contribution < -0.4 is 61.7 Å². The van der Waals surface area contributed by atoms with E-state index in [-0.39, 0.29) is 63.9 Å². The van der Waals surface area contributed by atoms with Crippen molar-refractivity contribution in [3.63, 3.8) is 0 Å². The number of hydrogen-bond acceptors (Lipinski definition) is 21. The van der Waals surface area contributed by atoms with Crippen LogP contribution in [0.2, 0.25) is 45.5 Å². The van der Waals surface area contributed by atoms with E-state index in [0.717, 1.165) is 175 Å². The third kappa shape index (κ3) is 37.0. The topological polar surface area (TPSA) is 324 Å². The van der Waals surface area contributed by atoms with E-state index in [1.807, 2.05) is 185 Å². The largest absolute Gasteiger partial charge is 0.460 e. The van der Waals surface area contributed by atoms with Gasteiger partial charge in [-0.2, -0.15) is 5.26 Å². The lowest BCUT2D eigenvalue weighted by molar-refractivity contribution is -0.154. The molecule has 6 heterocycles. The van der Waals surface area contributed by atoms with E-state index >= 15 is 0 Å². The molecule has 3 aliphatic heterocycles. The number of ether oxygens (including phenoxy) is 1. The van der Waals surface area contributed by atoms with Crippen molar-refractivity contribution < 1.29 is 33.5 Å². The number of nitrogen functional groups attached to an aromatic ring is 1. The summed E-state index contributed by atoms with van der Waals surface area (Å²) in [6.45, 7) is 24.1. The Kier molecular flexibility index (Phi) is 42.5. The third-order valence-corrected chi connectivity index (χ3v) is 25.0. The fraction of sp³-hybridized carbons (Fsp3) is 0.402. The fourth-order valence-corrected chi connectivity index (χ4v) is 18.0. The van der Waals surface area contributed by atoms with Crippen LogP contribution in [0.5, 0.6) is 0 Å². The molecule has 0 bridgehead atoms. The smallest absolute Gasteiger partial charge is 0.320 e. The quantitative estimate of drug-likeness (QED) is 0.0193. The first-order chi connectivity index (χ1) is 65.2. The minimum Gasteiger partial charge on any atom is -0.460 e. The second-order valence-electron chi connectivity index (χ2n) is 36.3. The van der Waals surface area contributed by atoms with Gasteiger partial charge >= 0.3 is 11.3 Å². The average molecular weight is 2080 g/mol. The van der Waals surface area contributed by atoms with Gasteiger partial charge in [-0.05, 0) is 329 Å². The van der Waals surface area contributed by atoms with Crippen LogP contribution in [0.3, 0.4) is 0 Å². The van der Waals surface area contributed by atoms with Crippen LogP contribution in [0.15, 0.2) is 146 Å². The summed E-state index contributed by atoms with van der Waals surface area (Å²) in [4.78, 5) is 112. The first-order valence-electron chi connectivity index (χ1n) is 45.4. The highest BCUT2D eigenvalue weighted by atomic mass is 35.5. The summed E-state index contributed by atoms with van der Waals surface area (Å²) < 4.78 is 5.24. The Morgan fingerprint density at radius 2 is 0.804 bits per heavy atom. The maximum atomic E-state index is 13.0. The van der Waals surface area contributed by atoms with E-state index in [2.05, 4.69) is 66.6 Å². The number of nitrogens with two attached hydrogens (primary N) is 2. The Labute approximate surface area is 860 Å². The lowest BCUT2D eigenvalue weighted by Crippen LogP contribution is -2.39. The number of aromatic nitrogens is 6. The molecule has 7 aromatic carbocycles. The Balaban J connectivity index is 0.000000189. The van der Waals surface area contributed by atoms with Gasteiger partial charge in [0.25, 0.3) is 5.91 Å². The van der Waals surface area contributed by atoms with Gasteiger partial charge in [0.05, 0.1) is 25.0 Å². The molecule has 10 aromatic rings. The summed E-state index contributed by atoms with van der Waals surface area (Å²) in [6, 6.07) is 42.1. The number of benzene rings is 7. The molecule has 2 aliphatic carbocycles. The lowest BCUT2D eigenvalue weighted by atomic mass is 9.94. The highest BCUT2D eigenvalue weighted by Crippen LogP contribution is 2.36. The minimum atomic E-state index is -0.589. The molecule has 0 unspecified atom stereocenters. The maximum absolute atomic E-state index is 13.0. The Hall–Kier alpha value is -10.4. The fourth-order valence-electron chi connectivity index (χ4n) is 15.6. The van der Waals surface area contributed by atoms with Gasteiger partial charge in [-0.3, -0.25) is 28.8 Å². The molecule has 15 rings (SSSR count). The molecule has 5 fully saturated rings. The number of aryl methyl sites for hydroxylation is 7. The Morgan fingerprint density at radius 1 is 0.449 bits per heavy atom. The molecule has 3 atom stereocenters. The Morgan fingerprint density at radius 3 is 1.16 bits per heavy atom. The molecule has 3 saturated heterocycles. The number of esters is 1. The van der Waals surface area contributed by atoms with E-state index in [1.54, 1.807) is 79.7 Å². The van der Waals surface area contributed by atoms with Crippen molar-refractivity contribution in [2.75, 3.05) is 130 Å². The first-order valence-corrected chi connectivity index (χ1v) is 49.2. The number of hydrogen-bond donors (Lipinski definition) is 5. The molecule has 7 N–H and O–H groups in total. The summed E-state index contributed by atoms with van der Waals surface area (Å²) in [5.74, 6) is 3.26. The van der Waals surface area contributed by atoms with Crippen molar-refractivity contribution in [2.45, 2.75) is 177 Å². The molecule has 5 amide bonds. The number of carbonyl (C=O) groups excluding carboxylic acids is 6. The van der Waals surface area contributed by atoms with Crippen LogP contribution >= 0.6 is 116 Å². The maximum Gasteiger partial charge on any atom is 0.320 e. The summed E-state index contributed by atoms with van der Waals surface area (Å²) in [5.41, 5.74) is 24.2. The number of carbonyl (C=O) groups is 6. The highest BCUT2D eigenvalue weighted by molar-refractivity contribution is 6.66. The van der Waals surface area contributed by atoms with Crippen molar-refractivity contribution in [1.29, 1.82) is 5.26 Å². The van der Waals surface area contributed by atoms with E-state index in [1.165, 1.54) is 10.5 Å². The van der Waals surface area contributed by atoms with Gasteiger partial charge in [0, 0.05) is 175 Å². The van der Waals surface area contributed by atoms with Crippen molar-refractivity contribution in [2.24, 2.45) is 23.5 Å². The van der Waals surface area contributed by atoms with Crippen LogP contribution in [0.1, 0.15) is 165 Å². The molecule has 36 heteroatoms. The Bertz CT molecular complexity index is 5790. The number of primary amides is 1. The summed E-state index contributed by atoms with van der Waals surface area (Å²) in [6.07, 6.45) is 16.8. The van der Waals surface area contributed by atoms with Gasteiger partial charge in [-0.15, -0.1) is 0 Å². The third-order valence-electron chi connectivity index (χ3n) is 22.6. The van der Waals surface area contributed by atoms with Crippen molar-refractivity contribution in [1.82, 2.24) is 29.9 Å². The molecule has 138 heavy (non-hydrogen) atoms. The normalized spacial score (nSPS) is 15.3. The van der Waals surface area contributed by atoms with E-state index in [4.69, 9.17) is 132 Å². The van der Waals surface area contributed by atoms with Crippen LogP contribution in [0.25, 0.3) is 0 Å². The molecule has 2 saturated carbocycles. The predicted molar refractivity (Wildman–Crippen MR) is 568 cm³/mol. The average Bonchev–Trinajstić information content (AvgIpc) is 1.34. The van der Waals surface area contributed by atoms with Gasteiger partial charge in [0.2, 0.25) is 17.7 Å². The number of amides is 5. The molecule has 26 nitrogen and oxygen atoms in total. The summed E-state index contributed by atoms with van der Waals surface area (Å²) in [7, 11) is 8.86. The van der Waals surface area contributed by atoms with Crippen molar-refractivity contribution in [3.8, 4) is 6.07 Å². The van der Waals surface area contributed by atoms with Crippen LogP contribution in [0, 0.1) is 77.6 Å². The predicted octanol–water partition coefficient (Wildman–Crippen LogP) is 24.4. The van der Waals surface area contributed by atoms with Crippen LogP contribution in [0.4, 0.5) is 68.0 Å². The number of nitriles is 1. The van der Waals surface area contributed by atoms with Gasteiger partial charge in [0.15, 0.2) is 33.3 Å². The van der Waals surface area contributed by atoms with Crippen LogP contribution in [-0.4, -0.2) is 157 Å². The number of rotatable bonds is 21. The summed E-state index contributed by atoms with van der Waals surface area (Å²) in [5, 5.41) is 23.4. The molecule has 736 valence electrons. The number of halogens is 10. The van der Waals surface area contributed by atoms with Gasteiger partial charge in [-0.1, -0.05) is 110 Å². The zero-order chi connectivity index (χ0) is 101. The van der Waals surface area contributed by atoms with E-state index < -0.39 is 16.9 Å². The van der Waals surface area contributed by atoms with Crippen molar-refractivity contribution >= 4 is 214 Å². The van der Waals surface area contributed by atoms with Gasteiger partial charge in [0.1, 0.15) is 29.1 Å². The molecule has 0 spiro atoms. The number of anilines is 11. The molecule has 3 aromatic heterocycles. The number of piperidine rings is 3. The lowest BCUT2D eigenvalue weighted by Gasteiger charge is -2.34. The van der Waals surface area contributed by atoms with Crippen LogP contribution in [-0.2, 0) is 30.3 Å². The second-order valence-corrected chi connectivity index (χ2v) is 40.4. The molecular formula is C102H121Cl10N19O7. The second kappa shape index (κ2) is 52.7. The first kappa shape index (κ1) is 111. The molecule has 5 aliphatic rings. The van der Waals surface area contributed by atoms with Gasteiger partial charge in [-0.25, -0.2) is 29.9 Å². The zero-order valence-corrected chi connectivity index (χ0v) is 88.0. The van der Waals surface area contributed by atoms with Crippen molar-refractivity contribution in [3.05, 3.63) is 247 Å². The highest BCUT2D eigenvalue weighted by Gasteiger charge is 2.33. The number of nitrogens with zero attached hydrogens (tertiary/aromatic N) is 14. The van der Waals surface area contributed by atoms with Gasteiger partial charge < -0.3 is 66.5 Å². The monoisotopic (exact) mass is 2070 g/mol.